The lowest BCUT2D eigenvalue weighted by molar-refractivity contribution is 0.0844. The molecule has 102 valence electrons. The van der Waals surface area contributed by atoms with Crippen LogP contribution in [0.5, 0.6) is 11.5 Å². The Kier molecular flexibility index (Phi) is 3.42. The predicted molar refractivity (Wildman–Crippen MR) is 71.7 cm³/mol. The molecule has 0 spiro atoms. The van der Waals surface area contributed by atoms with Gasteiger partial charge in [-0.1, -0.05) is 6.92 Å². The van der Waals surface area contributed by atoms with E-state index in [1.165, 1.54) is 0 Å². The van der Waals surface area contributed by atoms with E-state index in [9.17, 15) is 4.79 Å². The first-order valence-corrected chi connectivity index (χ1v) is 6.94. The quantitative estimate of drug-likeness (QED) is 0.783. The Labute approximate surface area is 113 Å². The third-order valence-electron chi connectivity index (χ3n) is 4.06. The standard InChI is InChI=1S/C15H19NO3/c1-2-16-7-5-11(6-8-16)15(17)12-3-4-13-14(9-12)19-10-18-13/h3-4,9,11H,2,5-8,10H2,1H3. The van der Waals surface area contributed by atoms with E-state index in [4.69, 9.17) is 9.47 Å². The summed E-state index contributed by atoms with van der Waals surface area (Å²) in [4.78, 5) is 14.9. The van der Waals surface area contributed by atoms with E-state index in [1.54, 1.807) is 0 Å². The summed E-state index contributed by atoms with van der Waals surface area (Å²) in [6.07, 6.45) is 1.92. The minimum absolute atomic E-state index is 0.156. The van der Waals surface area contributed by atoms with Gasteiger partial charge in [-0.2, -0.15) is 0 Å². The lowest BCUT2D eigenvalue weighted by Gasteiger charge is -2.30. The number of benzene rings is 1. The number of carbonyl (C=O) groups excluding carboxylic acids is 1. The second-order valence-corrected chi connectivity index (χ2v) is 5.14. The maximum absolute atomic E-state index is 12.5. The maximum atomic E-state index is 12.5. The summed E-state index contributed by atoms with van der Waals surface area (Å²) in [6, 6.07) is 5.50. The van der Waals surface area contributed by atoms with Crippen molar-refractivity contribution in [3.05, 3.63) is 23.8 Å². The van der Waals surface area contributed by atoms with Crippen molar-refractivity contribution in [2.75, 3.05) is 26.4 Å². The second kappa shape index (κ2) is 5.21. The van der Waals surface area contributed by atoms with Crippen LogP contribution in [0.4, 0.5) is 0 Å². The van der Waals surface area contributed by atoms with Crippen molar-refractivity contribution in [2.45, 2.75) is 19.8 Å². The van der Waals surface area contributed by atoms with Crippen molar-refractivity contribution in [1.29, 1.82) is 0 Å². The van der Waals surface area contributed by atoms with Crippen LogP contribution in [-0.2, 0) is 0 Å². The van der Waals surface area contributed by atoms with E-state index in [1.807, 2.05) is 18.2 Å². The highest BCUT2D eigenvalue weighted by atomic mass is 16.7. The molecule has 1 aromatic rings. The third kappa shape index (κ3) is 2.45. The smallest absolute Gasteiger partial charge is 0.231 e. The van der Waals surface area contributed by atoms with E-state index >= 15 is 0 Å². The number of nitrogens with zero attached hydrogens (tertiary/aromatic N) is 1. The first kappa shape index (κ1) is 12.5. The fourth-order valence-electron chi connectivity index (χ4n) is 2.80. The van der Waals surface area contributed by atoms with Crippen LogP contribution in [0.2, 0.25) is 0 Å². The molecule has 0 radical (unpaired) electrons. The number of fused-ring (bicyclic) bond motifs is 1. The zero-order chi connectivity index (χ0) is 13.2. The average Bonchev–Trinajstić information content (AvgIpc) is 2.94. The highest BCUT2D eigenvalue weighted by Gasteiger charge is 2.26. The van der Waals surface area contributed by atoms with Crippen molar-refractivity contribution in [3.8, 4) is 11.5 Å². The van der Waals surface area contributed by atoms with Crippen molar-refractivity contribution < 1.29 is 14.3 Å². The topological polar surface area (TPSA) is 38.8 Å². The number of Topliss-reactive ketones (excluding diaryl/α,β-unsaturated/α-hetero) is 1. The molecule has 0 atom stereocenters. The van der Waals surface area contributed by atoms with Gasteiger partial charge in [-0.3, -0.25) is 4.79 Å². The molecule has 2 aliphatic heterocycles. The van der Waals surface area contributed by atoms with Crippen LogP contribution in [0.3, 0.4) is 0 Å². The van der Waals surface area contributed by atoms with Crippen LogP contribution in [0.1, 0.15) is 30.1 Å². The maximum Gasteiger partial charge on any atom is 0.231 e. The van der Waals surface area contributed by atoms with Crippen LogP contribution in [0, 0.1) is 5.92 Å². The van der Waals surface area contributed by atoms with Gasteiger partial charge in [0.1, 0.15) is 0 Å². The number of rotatable bonds is 3. The number of hydrogen-bond acceptors (Lipinski definition) is 4. The average molecular weight is 261 g/mol. The molecule has 0 bridgehead atoms. The molecule has 19 heavy (non-hydrogen) atoms. The molecule has 2 heterocycles. The Bertz CT molecular complexity index is 478. The van der Waals surface area contributed by atoms with Gasteiger partial charge in [0.2, 0.25) is 6.79 Å². The fraction of sp³-hybridized carbons (Fsp3) is 0.533. The summed E-state index contributed by atoms with van der Waals surface area (Å²) in [6.45, 7) is 5.54. The van der Waals surface area contributed by atoms with Crippen LogP contribution in [-0.4, -0.2) is 37.1 Å². The molecule has 0 aromatic heterocycles. The summed E-state index contributed by atoms with van der Waals surface area (Å²) in [5.74, 6) is 1.83. The van der Waals surface area contributed by atoms with Crippen molar-refractivity contribution in [3.63, 3.8) is 0 Å². The summed E-state index contributed by atoms with van der Waals surface area (Å²) >= 11 is 0. The van der Waals surface area contributed by atoms with E-state index in [0.29, 0.717) is 5.75 Å². The highest BCUT2D eigenvalue weighted by Crippen LogP contribution is 2.33. The summed E-state index contributed by atoms with van der Waals surface area (Å²) in [5, 5.41) is 0. The summed E-state index contributed by atoms with van der Waals surface area (Å²) in [5.41, 5.74) is 0.749. The largest absolute Gasteiger partial charge is 0.454 e. The number of carbonyl (C=O) groups is 1. The Morgan fingerprint density at radius 1 is 1.26 bits per heavy atom. The summed E-state index contributed by atoms with van der Waals surface area (Å²) < 4.78 is 10.6. The molecule has 1 aromatic carbocycles. The van der Waals surface area contributed by atoms with Gasteiger partial charge >= 0.3 is 0 Å². The number of likely N-dealkylation sites (tertiary alicyclic amines) is 1. The van der Waals surface area contributed by atoms with Crippen LogP contribution >= 0.6 is 0 Å². The van der Waals surface area contributed by atoms with Crippen LogP contribution in [0.15, 0.2) is 18.2 Å². The van der Waals surface area contributed by atoms with Gasteiger partial charge in [-0.25, -0.2) is 0 Å². The molecule has 0 saturated carbocycles. The second-order valence-electron chi connectivity index (χ2n) is 5.14. The Balaban J connectivity index is 1.70. The third-order valence-corrected chi connectivity index (χ3v) is 4.06. The van der Waals surface area contributed by atoms with Crippen LogP contribution < -0.4 is 9.47 Å². The van der Waals surface area contributed by atoms with E-state index in [2.05, 4.69) is 11.8 Å². The lowest BCUT2D eigenvalue weighted by atomic mass is 9.89. The number of ether oxygens (including phenoxy) is 2. The molecule has 0 aliphatic carbocycles. The molecular weight excluding hydrogens is 242 g/mol. The van der Waals surface area contributed by atoms with Gasteiger partial charge in [0.15, 0.2) is 17.3 Å². The molecule has 1 saturated heterocycles. The first-order chi connectivity index (χ1) is 9.28. The summed E-state index contributed by atoms with van der Waals surface area (Å²) in [7, 11) is 0. The Morgan fingerprint density at radius 2 is 2.00 bits per heavy atom. The highest BCUT2D eigenvalue weighted by molar-refractivity contribution is 5.98. The van der Waals surface area contributed by atoms with E-state index in [-0.39, 0.29) is 18.5 Å². The molecule has 3 rings (SSSR count). The zero-order valence-electron chi connectivity index (χ0n) is 11.2. The van der Waals surface area contributed by atoms with Crippen molar-refractivity contribution in [2.24, 2.45) is 5.92 Å². The van der Waals surface area contributed by atoms with Gasteiger partial charge in [-0.15, -0.1) is 0 Å². The van der Waals surface area contributed by atoms with Crippen LogP contribution in [0.25, 0.3) is 0 Å². The van der Waals surface area contributed by atoms with Gasteiger partial charge in [0, 0.05) is 11.5 Å². The Hall–Kier alpha value is -1.55. The molecular formula is C15H19NO3. The van der Waals surface area contributed by atoms with Gasteiger partial charge in [0.05, 0.1) is 0 Å². The monoisotopic (exact) mass is 261 g/mol. The minimum atomic E-state index is 0.156. The van der Waals surface area contributed by atoms with Gasteiger partial charge < -0.3 is 14.4 Å². The van der Waals surface area contributed by atoms with Gasteiger partial charge in [-0.05, 0) is 50.7 Å². The molecule has 0 N–H and O–H groups in total. The van der Waals surface area contributed by atoms with Crippen molar-refractivity contribution in [1.82, 2.24) is 4.90 Å². The molecule has 2 aliphatic rings. The fourth-order valence-corrected chi connectivity index (χ4v) is 2.80. The molecule has 1 fully saturated rings. The van der Waals surface area contributed by atoms with E-state index in [0.717, 1.165) is 43.8 Å². The SMILES string of the molecule is CCN1CCC(C(=O)c2ccc3c(c2)OCO3)CC1. The molecule has 4 heteroatoms. The number of hydrogen-bond donors (Lipinski definition) is 0. The predicted octanol–water partition coefficient (Wildman–Crippen LogP) is 2.33. The number of ketones is 1. The number of piperidine rings is 1. The minimum Gasteiger partial charge on any atom is -0.454 e. The zero-order valence-corrected chi connectivity index (χ0v) is 11.2. The normalized spacial score (nSPS) is 19.6. The molecule has 0 amide bonds. The lowest BCUT2D eigenvalue weighted by Crippen LogP contribution is -2.36. The van der Waals surface area contributed by atoms with E-state index < -0.39 is 0 Å². The molecule has 0 unspecified atom stereocenters. The first-order valence-electron chi connectivity index (χ1n) is 6.94. The van der Waals surface area contributed by atoms with Gasteiger partial charge in [0.25, 0.3) is 0 Å². The molecule has 4 nitrogen and oxygen atoms in total. The Morgan fingerprint density at radius 3 is 2.74 bits per heavy atom. The van der Waals surface area contributed by atoms with Crippen molar-refractivity contribution >= 4 is 5.78 Å².